The molecule has 0 saturated heterocycles. The minimum absolute atomic E-state index is 0.0940. The van der Waals surface area contributed by atoms with Crippen molar-refractivity contribution in [3.05, 3.63) is 109 Å². The molecule has 0 aromatic rings. The van der Waals surface area contributed by atoms with Crippen LogP contribution in [0.3, 0.4) is 0 Å². The van der Waals surface area contributed by atoms with Crippen LogP contribution in [0.2, 0.25) is 0 Å². The van der Waals surface area contributed by atoms with Crippen molar-refractivity contribution in [2.24, 2.45) is 0 Å². The van der Waals surface area contributed by atoms with E-state index in [9.17, 15) is 14.4 Å². The predicted molar refractivity (Wildman–Crippen MR) is 302 cm³/mol. The summed E-state index contributed by atoms with van der Waals surface area (Å²) in [6.45, 7) is 6.34. The first-order valence-corrected chi connectivity index (χ1v) is 28.9. The molecule has 1 unspecified atom stereocenters. The monoisotopic (exact) mass is 971 g/mol. The van der Waals surface area contributed by atoms with Gasteiger partial charge in [-0.1, -0.05) is 246 Å². The summed E-state index contributed by atoms with van der Waals surface area (Å²) < 4.78 is 16.8. The number of carbonyl (C=O) groups is 3. The number of carbonyl (C=O) groups excluding carboxylic acids is 3. The van der Waals surface area contributed by atoms with Crippen molar-refractivity contribution in [3.8, 4) is 0 Å². The van der Waals surface area contributed by atoms with E-state index in [4.69, 9.17) is 14.2 Å². The molecule has 0 N–H and O–H groups in total. The Hall–Kier alpha value is -3.93. The number of ether oxygens (including phenoxy) is 3. The number of allylic oxidation sites excluding steroid dienone is 18. The summed E-state index contributed by atoms with van der Waals surface area (Å²) in [7, 11) is 0. The number of hydrogen-bond donors (Lipinski definition) is 0. The number of rotatable bonds is 51. The number of esters is 3. The Balaban J connectivity index is 4.18. The molecule has 0 fully saturated rings. The summed E-state index contributed by atoms with van der Waals surface area (Å²) in [4.78, 5) is 38.0. The summed E-state index contributed by atoms with van der Waals surface area (Å²) in [5, 5.41) is 0. The Morgan fingerprint density at radius 3 is 0.900 bits per heavy atom. The molecule has 0 amide bonds. The van der Waals surface area contributed by atoms with Crippen LogP contribution in [0, 0.1) is 0 Å². The van der Waals surface area contributed by atoms with E-state index < -0.39 is 6.10 Å². The van der Waals surface area contributed by atoms with E-state index >= 15 is 0 Å². The van der Waals surface area contributed by atoms with Crippen LogP contribution in [-0.2, 0) is 28.6 Å². The van der Waals surface area contributed by atoms with Crippen LogP contribution in [0.25, 0.3) is 0 Å². The maximum atomic E-state index is 12.8. The highest BCUT2D eigenvalue weighted by molar-refractivity contribution is 5.71. The van der Waals surface area contributed by atoms with Gasteiger partial charge in [-0.25, -0.2) is 0 Å². The highest BCUT2D eigenvalue weighted by Gasteiger charge is 2.19. The van der Waals surface area contributed by atoms with Crippen molar-refractivity contribution in [2.45, 2.75) is 264 Å². The lowest BCUT2D eigenvalue weighted by atomic mass is 10.0. The van der Waals surface area contributed by atoms with Gasteiger partial charge in [-0.2, -0.15) is 0 Å². The Morgan fingerprint density at radius 1 is 0.300 bits per heavy atom. The first kappa shape index (κ1) is 66.1. The van der Waals surface area contributed by atoms with E-state index in [1.54, 1.807) is 0 Å². The second-order valence-electron chi connectivity index (χ2n) is 18.8. The minimum atomic E-state index is -0.798. The van der Waals surface area contributed by atoms with Gasteiger partial charge in [0.15, 0.2) is 6.10 Å². The van der Waals surface area contributed by atoms with Crippen LogP contribution in [0.4, 0.5) is 0 Å². The molecular weight excluding hydrogens is 865 g/mol. The second kappa shape index (κ2) is 57.6. The van der Waals surface area contributed by atoms with Crippen molar-refractivity contribution in [1.82, 2.24) is 0 Å². The maximum Gasteiger partial charge on any atom is 0.306 e. The van der Waals surface area contributed by atoms with Crippen LogP contribution in [0.15, 0.2) is 109 Å². The molecule has 0 aliphatic carbocycles. The average Bonchev–Trinajstić information content (AvgIpc) is 3.36. The van der Waals surface area contributed by atoms with Crippen LogP contribution in [0.1, 0.15) is 258 Å². The largest absolute Gasteiger partial charge is 0.462 e. The summed E-state index contributed by atoms with van der Waals surface area (Å²) in [5.74, 6) is -0.941. The lowest BCUT2D eigenvalue weighted by molar-refractivity contribution is -0.167. The molecule has 70 heavy (non-hydrogen) atoms. The van der Waals surface area contributed by atoms with E-state index in [2.05, 4.69) is 130 Å². The standard InChI is InChI=1S/C64H106O6/c1-4-7-10-13-16-19-21-23-25-26-27-28-29-30-31-32-33-34-35-36-37-38-40-41-43-45-48-51-54-57-63(66)69-60-61(59-68-62(65)56-53-50-47-18-15-12-9-6-3)70-64(67)58-55-52-49-46-44-42-39-24-22-20-17-14-11-8-5-2/h7-8,10-11,16-17,19-20,23-25,27-28,30-31,39,44,46,61H,4-6,9,12-15,18,21-22,26,29,32-38,40-43,45,47-60H2,1-3H3/b10-7-,11-8-,19-16-,20-17-,25-23-,28-27-,31-30-,39-24-,46-44-. The van der Waals surface area contributed by atoms with E-state index in [0.717, 1.165) is 109 Å². The molecule has 0 radical (unpaired) electrons. The van der Waals surface area contributed by atoms with Gasteiger partial charge in [-0.3, -0.25) is 14.4 Å². The van der Waals surface area contributed by atoms with Crippen LogP contribution < -0.4 is 0 Å². The molecule has 0 saturated carbocycles. The molecule has 0 rings (SSSR count). The molecule has 0 aromatic carbocycles. The van der Waals surface area contributed by atoms with Gasteiger partial charge in [-0.15, -0.1) is 0 Å². The zero-order chi connectivity index (χ0) is 50.7. The fraction of sp³-hybridized carbons (Fsp3) is 0.672. The van der Waals surface area contributed by atoms with Crippen molar-refractivity contribution < 1.29 is 28.6 Å². The Labute approximate surface area is 431 Å². The number of unbranched alkanes of at least 4 members (excludes halogenated alkanes) is 22. The fourth-order valence-corrected chi connectivity index (χ4v) is 7.75. The molecule has 6 nitrogen and oxygen atoms in total. The Bertz CT molecular complexity index is 1440. The molecule has 0 aliphatic heterocycles. The summed E-state index contributed by atoms with van der Waals surface area (Å²) in [6, 6.07) is 0. The topological polar surface area (TPSA) is 78.9 Å². The van der Waals surface area contributed by atoms with Crippen LogP contribution in [-0.4, -0.2) is 37.2 Å². The minimum Gasteiger partial charge on any atom is -0.462 e. The molecule has 0 aliphatic rings. The molecule has 0 aromatic heterocycles. The SMILES string of the molecule is CC/C=C\C/C=C\C/C=C\C/C=C\C/C=C\CCCCCCCCCCCCCCCC(=O)OCC(COC(=O)CCCCCCCCCC)OC(=O)CCCC/C=C\C/C=C\C/C=C\C/C=C\CC. The van der Waals surface area contributed by atoms with Gasteiger partial charge in [0.1, 0.15) is 13.2 Å². The first-order valence-electron chi connectivity index (χ1n) is 28.9. The van der Waals surface area contributed by atoms with Crippen molar-refractivity contribution in [1.29, 1.82) is 0 Å². The quantitative estimate of drug-likeness (QED) is 0.0262. The molecule has 0 heterocycles. The molecular formula is C64H106O6. The van der Waals surface area contributed by atoms with Gasteiger partial charge in [0.2, 0.25) is 0 Å². The molecule has 398 valence electrons. The summed E-state index contributed by atoms with van der Waals surface area (Å²) >= 11 is 0. The third-order valence-electron chi connectivity index (χ3n) is 12.0. The third-order valence-corrected chi connectivity index (χ3v) is 12.0. The van der Waals surface area contributed by atoms with Gasteiger partial charge in [0.05, 0.1) is 0 Å². The smallest absolute Gasteiger partial charge is 0.306 e. The second-order valence-corrected chi connectivity index (χ2v) is 18.8. The van der Waals surface area contributed by atoms with Crippen molar-refractivity contribution >= 4 is 17.9 Å². The Morgan fingerprint density at radius 2 is 0.557 bits per heavy atom. The molecule has 0 bridgehead atoms. The van der Waals surface area contributed by atoms with Gasteiger partial charge in [0.25, 0.3) is 0 Å². The van der Waals surface area contributed by atoms with Gasteiger partial charge in [0, 0.05) is 19.3 Å². The molecule has 6 heteroatoms. The zero-order valence-electron chi connectivity index (χ0n) is 45.5. The highest BCUT2D eigenvalue weighted by atomic mass is 16.6. The molecule has 1 atom stereocenters. The Kier molecular flexibility index (Phi) is 54.4. The van der Waals surface area contributed by atoms with E-state index in [1.165, 1.54) is 103 Å². The lowest BCUT2D eigenvalue weighted by Crippen LogP contribution is -2.30. The number of hydrogen-bond acceptors (Lipinski definition) is 6. The molecule has 0 spiro atoms. The van der Waals surface area contributed by atoms with Crippen LogP contribution in [0.5, 0.6) is 0 Å². The first-order chi connectivity index (χ1) is 34.5. The van der Waals surface area contributed by atoms with Crippen molar-refractivity contribution in [3.63, 3.8) is 0 Å². The average molecular weight is 972 g/mol. The van der Waals surface area contributed by atoms with Gasteiger partial charge in [-0.05, 0) is 103 Å². The van der Waals surface area contributed by atoms with Crippen molar-refractivity contribution in [2.75, 3.05) is 13.2 Å². The van der Waals surface area contributed by atoms with Crippen LogP contribution >= 0.6 is 0 Å². The third kappa shape index (κ3) is 55.0. The van der Waals surface area contributed by atoms with Gasteiger partial charge >= 0.3 is 17.9 Å². The zero-order valence-corrected chi connectivity index (χ0v) is 45.5. The fourth-order valence-electron chi connectivity index (χ4n) is 7.75. The summed E-state index contributed by atoms with van der Waals surface area (Å²) in [6.07, 6.45) is 78.2. The van der Waals surface area contributed by atoms with Gasteiger partial charge < -0.3 is 14.2 Å². The highest BCUT2D eigenvalue weighted by Crippen LogP contribution is 2.15. The van der Waals surface area contributed by atoms with E-state index in [1.807, 2.05) is 0 Å². The normalized spacial score (nSPS) is 12.9. The predicted octanol–water partition coefficient (Wildman–Crippen LogP) is 19.5. The van der Waals surface area contributed by atoms with E-state index in [0.29, 0.717) is 19.3 Å². The summed E-state index contributed by atoms with van der Waals surface area (Å²) in [5.41, 5.74) is 0. The maximum absolute atomic E-state index is 12.8. The lowest BCUT2D eigenvalue weighted by Gasteiger charge is -2.18. The van der Waals surface area contributed by atoms with E-state index in [-0.39, 0.29) is 37.5 Å².